The molecule has 1 N–H and O–H groups in total. The molecule has 2 heterocycles. The van der Waals surface area contributed by atoms with Gasteiger partial charge < -0.3 is 5.11 Å². The molecule has 0 aliphatic carbocycles. The van der Waals surface area contributed by atoms with Crippen LogP contribution < -0.4 is 0 Å². The minimum Gasteiger partial charge on any atom is -0.392 e. The van der Waals surface area contributed by atoms with Crippen LogP contribution >= 0.6 is 0 Å². The van der Waals surface area contributed by atoms with Crippen LogP contribution in [0.3, 0.4) is 0 Å². The second kappa shape index (κ2) is 4.82. The highest BCUT2D eigenvalue weighted by molar-refractivity contribution is 5.91. The van der Waals surface area contributed by atoms with E-state index in [0.717, 1.165) is 34.4 Å². The molecule has 0 fully saturated rings. The van der Waals surface area contributed by atoms with Crippen molar-refractivity contribution in [2.45, 2.75) is 20.0 Å². The maximum absolute atomic E-state index is 9.40. The van der Waals surface area contributed by atoms with Gasteiger partial charge in [0.2, 0.25) is 0 Å². The van der Waals surface area contributed by atoms with E-state index in [2.05, 4.69) is 16.9 Å². The maximum Gasteiger partial charge on any atom is 0.145 e. The summed E-state index contributed by atoms with van der Waals surface area (Å²) in [6.45, 7) is 2.07. The lowest BCUT2D eigenvalue weighted by Gasteiger charge is -2.11. The van der Waals surface area contributed by atoms with Crippen molar-refractivity contribution in [2.24, 2.45) is 0 Å². The van der Waals surface area contributed by atoms with Crippen LogP contribution in [0.1, 0.15) is 18.3 Å². The SMILES string of the molecule is CCc1nccn1-c1ncc(CO)c2ccccc12. The average Bonchev–Trinajstić information content (AvgIpc) is 2.94. The van der Waals surface area contributed by atoms with Gasteiger partial charge in [-0.2, -0.15) is 0 Å². The molecule has 0 saturated heterocycles. The van der Waals surface area contributed by atoms with Crippen LogP contribution in [0, 0.1) is 0 Å². The Labute approximate surface area is 111 Å². The van der Waals surface area contributed by atoms with Crippen molar-refractivity contribution in [3.63, 3.8) is 0 Å². The molecule has 0 radical (unpaired) electrons. The number of pyridine rings is 1. The zero-order chi connectivity index (χ0) is 13.2. The second-order valence-electron chi connectivity index (χ2n) is 4.38. The van der Waals surface area contributed by atoms with E-state index in [-0.39, 0.29) is 6.61 Å². The Balaban J connectivity index is 2.31. The molecule has 0 unspecified atom stereocenters. The normalized spacial score (nSPS) is 11.1. The van der Waals surface area contributed by atoms with Gasteiger partial charge in [0.15, 0.2) is 0 Å². The molecule has 3 aromatic rings. The molecular formula is C15H15N3O. The second-order valence-corrected chi connectivity index (χ2v) is 4.38. The Kier molecular flexibility index (Phi) is 3.01. The van der Waals surface area contributed by atoms with Crippen molar-refractivity contribution in [1.82, 2.24) is 14.5 Å². The molecule has 0 saturated carbocycles. The van der Waals surface area contributed by atoms with Crippen LogP contribution in [0.25, 0.3) is 16.6 Å². The van der Waals surface area contributed by atoms with Gasteiger partial charge in [-0.3, -0.25) is 4.57 Å². The molecule has 0 amide bonds. The lowest BCUT2D eigenvalue weighted by molar-refractivity contribution is 0.283. The van der Waals surface area contributed by atoms with Crippen molar-refractivity contribution in [1.29, 1.82) is 0 Å². The number of rotatable bonds is 3. The summed E-state index contributed by atoms with van der Waals surface area (Å²) in [5, 5.41) is 11.5. The Bertz CT molecular complexity index is 718. The minimum atomic E-state index is -0.00163. The number of aromatic nitrogens is 3. The molecule has 1 aromatic carbocycles. The summed E-state index contributed by atoms with van der Waals surface area (Å²) in [5.74, 6) is 1.84. The Morgan fingerprint density at radius 3 is 2.68 bits per heavy atom. The Morgan fingerprint density at radius 1 is 1.16 bits per heavy atom. The smallest absolute Gasteiger partial charge is 0.145 e. The third-order valence-electron chi connectivity index (χ3n) is 3.29. The molecule has 0 atom stereocenters. The summed E-state index contributed by atoms with van der Waals surface area (Å²) >= 11 is 0. The lowest BCUT2D eigenvalue weighted by atomic mass is 10.1. The van der Waals surface area contributed by atoms with E-state index in [9.17, 15) is 5.11 Å². The number of nitrogens with zero attached hydrogens (tertiary/aromatic N) is 3. The first-order chi connectivity index (χ1) is 9.35. The predicted molar refractivity (Wildman–Crippen MR) is 74.2 cm³/mol. The molecular weight excluding hydrogens is 238 g/mol. The molecule has 4 heteroatoms. The third-order valence-corrected chi connectivity index (χ3v) is 3.29. The number of aliphatic hydroxyl groups is 1. The van der Waals surface area contributed by atoms with Gasteiger partial charge in [-0.25, -0.2) is 9.97 Å². The van der Waals surface area contributed by atoms with Gasteiger partial charge in [0, 0.05) is 36.0 Å². The third kappa shape index (κ3) is 1.90. The summed E-state index contributed by atoms with van der Waals surface area (Å²) in [7, 11) is 0. The number of imidazole rings is 1. The molecule has 0 bridgehead atoms. The largest absolute Gasteiger partial charge is 0.392 e. The fourth-order valence-electron chi connectivity index (χ4n) is 2.34. The first kappa shape index (κ1) is 11.9. The van der Waals surface area contributed by atoms with Crippen LogP contribution in [0.15, 0.2) is 42.9 Å². The van der Waals surface area contributed by atoms with Crippen molar-refractivity contribution in [3.05, 3.63) is 54.2 Å². The fourth-order valence-corrected chi connectivity index (χ4v) is 2.34. The topological polar surface area (TPSA) is 50.9 Å². The first-order valence-corrected chi connectivity index (χ1v) is 6.35. The first-order valence-electron chi connectivity index (χ1n) is 6.35. The molecule has 0 spiro atoms. The number of hydrogen-bond acceptors (Lipinski definition) is 3. The number of fused-ring (bicyclic) bond motifs is 1. The number of aliphatic hydroxyl groups excluding tert-OH is 1. The quantitative estimate of drug-likeness (QED) is 0.780. The fraction of sp³-hybridized carbons (Fsp3) is 0.200. The van der Waals surface area contributed by atoms with Crippen molar-refractivity contribution in [3.8, 4) is 5.82 Å². The van der Waals surface area contributed by atoms with Gasteiger partial charge in [0.05, 0.1) is 6.61 Å². The monoisotopic (exact) mass is 253 g/mol. The number of hydrogen-bond donors (Lipinski definition) is 1. The number of benzene rings is 1. The molecule has 0 aliphatic rings. The summed E-state index contributed by atoms with van der Waals surface area (Å²) < 4.78 is 2.00. The van der Waals surface area contributed by atoms with Gasteiger partial charge in [-0.15, -0.1) is 0 Å². The molecule has 3 rings (SSSR count). The molecule has 19 heavy (non-hydrogen) atoms. The van der Waals surface area contributed by atoms with Crippen LogP contribution in [-0.2, 0) is 13.0 Å². The van der Waals surface area contributed by atoms with Crippen molar-refractivity contribution >= 4 is 10.8 Å². The van der Waals surface area contributed by atoms with Crippen LogP contribution in [-0.4, -0.2) is 19.6 Å². The zero-order valence-corrected chi connectivity index (χ0v) is 10.7. The van der Waals surface area contributed by atoms with E-state index < -0.39 is 0 Å². The molecule has 96 valence electrons. The van der Waals surface area contributed by atoms with Gasteiger partial charge in [0.1, 0.15) is 11.6 Å². The summed E-state index contributed by atoms with van der Waals surface area (Å²) in [5.41, 5.74) is 0.845. The molecule has 0 aliphatic heterocycles. The number of aryl methyl sites for hydroxylation is 1. The highest BCUT2D eigenvalue weighted by Gasteiger charge is 2.10. The van der Waals surface area contributed by atoms with Crippen molar-refractivity contribution in [2.75, 3.05) is 0 Å². The van der Waals surface area contributed by atoms with Crippen LogP contribution in [0.5, 0.6) is 0 Å². The van der Waals surface area contributed by atoms with E-state index in [1.54, 1.807) is 12.4 Å². The summed E-state index contributed by atoms with van der Waals surface area (Å²) in [6.07, 6.45) is 6.29. The van der Waals surface area contributed by atoms with Crippen LogP contribution in [0.4, 0.5) is 0 Å². The standard InChI is InChI=1S/C15H15N3O/c1-2-14-16-7-8-18(14)15-13-6-4-3-5-12(13)11(10-19)9-17-15/h3-9,19H,2,10H2,1H3. The van der Waals surface area contributed by atoms with E-state index in [0.29, 0.717) is 0 Å². The van der Waals surface area contributed by atoms with Gasteiger partial charge in [-0.05, 0) is 5.39 Å². The minimum absolute atomic E-state index is 0.00163. The van der Waals surface area contributed by atoms with Crippen LogP contribution in [0.2, 0.25) is 0 Å². The highest BCUT2D eigenvalue weighted by Crippen LogP contribution is 2.24. The van der Waals surface area contributed by atoms with E-state index >= 15 is 0 Å². The van der Waals surface area contributed by atoms with Gasteiger partial charge >= 0.3 is 0 Å². The van der Waals surface area contributed by atoms with E-state index in [1.165, 1.54) is 0 Å². The molecule has 4 nitrogen and oxygen atoms in total. The summed E-state index contributed by atoms with van der Waals surface area (Å²) in [6, 6.07) is 7.99. The van der Waals surface area contributed by atoms with Gasteiger partial charge in [-0.1, -0.05) is 31.2 Å². The zero-order valence-electron chi connectivity index (χ0n) is 10.7. The maximum atomic E-state index is 9.40. The van der Waals surface area contributed by atoms with Gasteiger partial charge in [0.25, 0.3) is 0 Å². The highest BCUT2D eigenvalue weighted by atomic mass is 16.3. The molecule has 2 aromatic heterocycles. The Morgan fingerprint density at radius 2 is 1.95 bits per heavy atom. The summed E-state index contributed by atoms with van der Waals surface area (Å²) in [4.78, 5) is 8.83. The predicted octanol–water partition coefficient (Wildman–Crippen LogP) is 2.48. The van der Waals surface area contributed by atoms with Crippen molar-refractivity contribution < 1.29 is 5.11 Å². The van der Waals surface area contributed by atoms with E-state index in [4.69, 9.17) is 0 Å². The Hall–Kier alpha value is -2.20. The average molecular weight is 253 g/mol. The lowest BCUT2D eigenvalue weighted by Crippen LogP contribution is -2.03. The van der Waals surface area contributed by atoms with E-state index in [1.807, 2.05) is 35.0 Å².